The van der Waals surface area contributed by atoms with E-state index in [9.17, 15) is 4.79 Å². The summed E-state index contributed by atoms with van der Waals surface area (Å²) in [6, 6.07) is 1.86. The third kappa shape index (κ3) is 3.21. The summed E-state index contributed by atoms with van der Waals surface area (Å²) in [4.78, 5) is 15.0. The molecule has 1 saturated heterocycles. The van der Waals surface area contributed by atoms with Gasteiger partial charge in [-0.1, -0.05) is 0 Å². The van der Waals surface area contributed by atoms with Gasteiger partial charge in [0.15, 0.2) is 0 Å². The number of rotatable bonds is 4. The number of anilines is 1. The Bertz CT molecular complexity index is 705. The molecule has 130 valence electrons. The van der Waals surface area contributed by atoms with Gasteiger partial charge in [0.1, 0.15) is 0 Å². The van der Waals surface area contributed by atoms with Crippen molar-refractivity contribution in [1.82, 2.24) is 24.9 Å². The van der Waals surface area contributed by atoms with E-state index in [1.165, 1.54) is 0 Å². The van der Waals surface area contributed by atoms with Gasteiger partial charge in [-0.3, -0.25) is 19.5 Å². The number of nitrogens with zero attached hydrogens (tertiary/aromatic N) is 4. The molecular weight excluding hydrogens is 304 g/mol. The number of hydrogen-bond donors (Lipinski definition) is 2. The third-order valence-corrected chi connectivity index (χ3v) is 5.10. The molecule has 0 spiro atoms. The Labute approximate surface area is 142 Å². The van der Waals surface area contributed by atoms with Crippen LogP contribution in [0.15, 0.2) is 12.3 Å². The summed E-state index contributed by atoms with van der Waals surface area (Å²) in [7, 11) is 1.89. The summed E-state index contributed by atoms with van der Waals surface area (Å²) in [5.41, 5.74) is 3.81. The summed E-state index contributed by atoms with van der Waals surface area (Å²) in [6.45, 7) is 7.69. The minimum Gasteiger partial charge on any atom is -0.322 e. The van der Waals surface area contributed by atoms with Crippen LogP contribution in [0.1, 0.15) is 42.8 Å². The van der Waals surface area contributed by atoms with Crippen molar-refractivity contribution in [2.24, 2.45) is 7.05 Å². The van der Waals surface area contributed by atoms with Crippen molar-refractivity contribution in [3.8, 4) is 0 Å². The monoisotopic (exact) mass is 330 g/mol. The van der Waals surface area contributed by atoms with Crippen molar-refractivity contribution in [3.05, 3.63) is 29.3 Å². The fourth-order valence-corrected chi connectivity index (χ4v) is 3.45. The van der Waals surface area contributed by atoms with E-state index in [1.54, 1.807) is 10.9 Å². The zero-order valence-electron chi connectivity index (χ0n) is 14.8. The number of H-pyrrole nitrogens is 1. The first kappa shape index (κ1) is 16.7. The summed E-state index contributed by atoms with van der Waals surface area (Å²) in [6.07, 6.45) is 4.01. The second-order valence-electron chi connectivity index (χ2n) is 6.68. The predicted octanol–water partition coefficient (Wildman–Crippen LogP) is 1.97. The first-order chi connectivity index (χ1) is 11.5. The SMILES string of the molecule is Cc1nn(C)c(C)c1NC(=O)[C@@H](C)N1CCC[C@@H](c2ccn[nH]2)C1. The molecule has 3 heterocycles. The van der Waals surface area contributed by atoms with Gasteiger partial charge in [-0.05, 0) is 46.2 Å². The van der Waals surface area contributed by atoms with E-state index >= 15 is 0 Å². The van der Waals surface area contributed by atoms with Gasteiger partial charge < -0.3 is 5.32 Å². The van der Waals surface area contributed by atoms with Crippen LogP contribution in [0.5, 0.6) is 0 Å². The molecule has 2 atom stereocenters. The topological polar surface area (TPSA) is 78.8 Å². The third-order valence-electron chi connectivity index (χ3n) is 5.10. The number of carbonyl (C=O) groups is 1. The standard InChI is InChI=1S/C17H26N6O/c1-11-16(12(2)22(4)21-11)19-17(24)13(3)23-9-5-6-14(10-23)15-7-8-18-20-15/h7-8,13-14H,5-6,9-10H2,1-4H3,(H,18,20)(H,19,24)/t13-,14-/m1/s1. The number of likely N-dealkylation sites (tertiary alicyclic amines) is 1. The largest absolute Gasteiger partial charge is 0.322 e. The highest BCUT2D eigenvalue weighted by molar-refractivity contribution is 5.95. The van der Waals surface area contributed by atoms with Crippen LogP contribution in [0.3, 0.4) is 0 Å². The highest BCUT2D eigenvalue weighted by atomic mass is 16.2. The number of amides is 1. The molecule has 1 aliphatic heterocycles. The molecule has 2 aromatic heterocycles. The molecule has 1 aliphatic rings. The minimum absolute atomic E-state index is 0.0273. The van der Waals surface area contributed by atoms with Crippen LogP contribution in [0, 0.1) is 13.8 Å². The normalized spacial score (nSPS) is 20.1. The number of piperidine rings is 1. The molecule has 1 fully saturated rings. The fraction of sp³-hybridized carbons (Fsp3) is 0.588. The van der Waals surface area contributed by atoms with Crippen molar-refractivity contribution < 1.29 is 4.79 Å². The molecule has 0 radical (unpaired) electrons. The van der Waals surface area contributed by atoms with E-state index in [0.717, 1.165) is 48.7 Å². The summed E-state index contributed by atoms with van der Waals surface area (Å²) < 4.78 is 1.80. The summed E-state index contributed by atoms with van der Waals surface area (Å²) in [5.74, 6) is 0.442. The molecule has 3 rings (SSSR count). The number of nitrogens with one attached hydrogen (secondary N) is 2. The Kier molecular flexibility index (Phi) is 4.71. The van der Waals surface area contributed by atoms with Gasteiger partial charge in [-0.2, -0.15) is 10.2 Å². The predicted molar refractivity (Wildman–Crippen MR) is 92.9 cm³/mol. The highest BCUT2D eigenvalue weighted by Gasteiger charge is 2.29. The molecule has 2 aromatic rings. The number of aryl methyl sites for hydroxylation is 2. The number of hydrogen-bond acceptors (Lipinski definition) is 4. The molecule has 0 aliphatic carbocycles. The van der Waals surface area contributed by atoms with Crippen LogP contribution < -0.4 is 5.32 Å². The van der Waals surface area contributed by atoms with Gasteiger partial charge in [0, 0.05) is 31.4 Å². The minimum atomic E-state index is -0.172. The number of carbonyl (C=O) groups excluding carboxylic acids is 1. The summed E-state index contributed by atoms with van der Waals surface area (Å²) in [5, 5.41) is 14.5. The first-order valence-corrected chi connectivity index (χ1v) is 8.51. The van der Waals surface area contributed by atoms with Crippen LogP contribution in [0.4, 0.5) is 5.69 Å². The first-order valence-electron chi connectivity index (χ1n) is 8.51. The number of aromatic nitrogens is 4. The summed E-state index contributed by atoms with van der Waals surface area (Å²) >= 11 is 0. The maximum absolute atomic E-state index is 12.7. The Balaban J connectivity index is 1.66. The van der Waals surface area contributed by atoms with Gasteiger partial charge in [0.2, 0.25) is 5.91 Å². The zero-order valence-corrected chi connectivity index (χ0v) is 14.8. The lowest BCUT2D eigenvalue weighted by molar-refractivity contribution is -0.121. The van der Waals surface area contributed by atoms with Crippen molar-refractivity contribution >= 4 is 11.6 Å². The van der Waals surface area contributed by atoms with Crippen molar-refractivity contribution in [3.63, 3.8) is 0 Å². The average Bonchev–Trinajstić information content (AvgIpc) is 3.19. The van der Waals surface area contributed by atoms with Gasteiger partial charge in [-0.25, -0.2) is 0 Å². The smallest absolute Gasteiger partial charge is 0.241 e. The van der Waals surface area contributed by atoms with Crippen LogP contribution in [0.2, 0.25) is 0 Å². The lowest BCUT2D eigenvalue weighted by Gasteiger charge is -2.35. The van der Waals surface area contributed by atoms with Gasteiger partial charge in [-0.15, -0.1) is 0 Å². The van der Waals surface area contributed by atoms with E-state index in [-0.39, 0.29) is 11.9 Å². The van der Waals surface area contributed by atoms with Crippen LogP contribution in [-0.4, -0.2) is 49.9 Å². The molecule has 24 heavy (non-hydrogen) atoms. The highest BCUT2D eigenvalue weighted by Crippen LogP contribution is 2.27. The van der Waals surface area contributed by atoms with E-state index in [0.29, 0.717) is 5.92 Å². The quantitative estimate of drug-likeness (QED) is 0.898. The lowest BCUT2D eigenvalue weighted by Crippen LogP contribution is -2.46. The van der Waals surface area contributed by atoms with Gasteiger partial charge in [0.05, 0.1) is 23.1 Å². The fourth-order valence-electron chi connectivity index (χ4n) is 3.45. The molecule has 0 unspecified atom stereocenters. The zero-order chi connectivity index (χ0) is 17.3. The maximum atomic E-state index is 12.7. The molecule has 2 N–H and O–H groups in total. The van der Waals surface area contributed by atoms with Crippen molar-refractivity contribution in [2.75, 3.05) is 18.4 Å². The molecule has 1 amide bonds. The maximum Gasteiger partial charge on any atom is 0.241 e. The second-order valence-corrected chi connectivity index (χ2v) is 6.68. The van der Waals surface area contributed by atoms with Gasteiger partial charge in [0.25, 0.3) is 0 Å². The Morgan fingerprint density at radius 2 is 2.25 bits per heavy atom. The van der Waals surface area contributed by atoms with E-state index in [2.05, 4.69) is 25.5 Å². The van der Waals surface area contributed by atoms with E-state index < -0.39 is 0 Å². The van der Waals surface area contributed by atoms with Crippen LogP contribution in [0.25, 0.3) is 0 Å². The van der Waals surface area contributed by atoms with E-state index in [4.69, 9.17) is 0 Å². The molecule has 7 nitrogen and oxygen atoms in total. The molecule has 0 aromatic carbocycles. The second kappa shape index (κ2) is 6.76. The van der Waals surface area contributed by atoms with Gasteiger partial charge >= 0.3 is 0 Å². The van der Waals surface area contributed by atoms with Crippen molar-refractivity contribution in [1.29, 1.82) is 0 Å². The van der Waals surface area contributed by atoms with Crippen LogP contribution in [-0.2, 0) is 11.8 Å². The number of aromatic amines is 1. The molecular formula is C17H26N6O. The van der Waals surface area contributed by atoms with E-state index in [1.807, 2.05) is 33.9 Å². The Morgan fingerprint density at radius 1 is 1.46 bits per heavy atom. The van der Waals surface area contributed by atoms with Crippen LogP contribution >= 0.6 is 0 Å². The average molecular weight is 330 g/mol. The molecule has 0 bridgehead atoms. The van der Waals surface area contributed by atoms with Crippen molar-refractivity contribution in [2.45, 2.75) is 45.6 Å². The lowest BCUT2D eigenvalue weighted by atomic mass is 9.94. The molecule has 0 saturated carbocycles. The Morgan fingerprint density at radius 3 is 2.88 bits per heavy atom. The Hall–Kier alpha value is -2.15. The molecule has 7 heteroatoms.